The predicted molar refractivity (Wildman–Crippen MR) is 141 cm³/mol. The second kappa shape index (κ2) is 8.77. The Bertz CT molecular complexity index is 1690. The lowest BCUT2D eigenvalue weighted by Crippen LogP contribution is -2.29. The standard InChI is InChI=1S/C28H24N4O3S/c1-4-28(2)23-11-5-18(15-25(23)32-27(28)33)6-12-24-22-16-26(30-17-19(22)13-14-29-24)31-20-7-9-21(10-8-20)36(3,34)35/h5,7-11,13-17H,4H2,1-3H3,(H,30,31)(H,32,33). The number of pyridine rings is 2. The fraction of sp³-hybridized carbons (Fsp3) is 0.179. The Balaban J connectivity index is 1.44. The maximum Gasteiger partial charge on any atom is 0.234 e. The second-order valence-corrected chi connectivity index (χ2v) is 11.0. The van der Waals surface area contributed by atoms with Crippen molar-refractivity contribution >= 4 is 43.7 Å². The van der Waals surface area contributed by atoms with E-state index in [4.69, 9.17) is 0 Å². The zero-order valence-electron chi connectivity index (χ0n) is 20.1. The van der Waals surface area contributed by atoms with Crippen molar-refractivity contribution in [3.05, 3.63) is 83.8 Å². The number of aromatic nitrogens is 2. The molecule has 180 valence electrons. The molecule has 2 N–H and O–H groups in total. The van der Waals surface area contributed by atoms with Gasteiger partial charge in [0.2, 0.25) is 5.91 Å². The van der Waals surface area contributed by atoms with Crippen molar-refractivity contribution in [1.82, 2.24) is 9.97 Å². The molecule has 4 aromatic rings. The monoisotopic (exact) mass is 496 g/mol. The number of fused-ring (bicyclic) bond motifs is 2. The Morgan fingerprint density at radius 1 is 1.03 bits per heavy atom. The number of carbonyl (C=O) groups excluding carboxylic acids is 1. The molecule has 36 heavy (non-hydrogen) atoms. The molecule has 0 radical (unpaired) electrons. The van der Waals surface area contributed by atoms with Gasteiger partial charge in [0.25, 0.3) is 0 Å². The SMILES string of the molecule is CCC1(C)C(=O)Nc2cc(C#Cc3nccc4cnc(Nc5ccc(S(C)(=O)=O)cc5)cc34)ccc21. The van der Waals surface area contributed by atoms with Gasteiger partial charge in [-0.1, -0.05) is 18.9 Å². The second-order valence-electron chi connectivity index (χ2n) is 9.02. The lowest BCUT2D eigenvalue weighted by molar-refractivity contribution is -0.120. The number of nitrogens with one attached hydrogen (secondary N) is 2. The average molecular weight is 497 g/mol. The van der Waals surface area contributed by atoms with Crippen molar-refractivity contribution in [3.8, 4) is 11.8 Å². The van der Waals surface area contributed by atoms with Crippen LogP contribution in [0.15, 0.2) is 71.9 Å². The third kappa shape index (κ3) is 4.30. The topological polar surface area (TPSA) is 101 Å². The molecule has 1 atom stereocenters. The van der Waals surface area contributed by atoms with Crippen LogP contribution in [-0.4, -0.2) is 30.5 Å². The molecule has 0 spiro atoms. The molecule has 0 fully saturated rings. The number of hydrogen-bond acceptors (Lipinski definition) is 6. The van der Waals surface area contributed by atoms with Gasteiger partial charge in [0.1, 0.15) is 11.5 Å². The summed E-state index contributed by atoms with van der Waals surface area (Å²) in [6.45, 7) is 3.97. The summed E-state index contributed by atoms with van der Waals surface area (Å²) in [5, 5.41) is 7.91. The third-order valence-corrected chi connectivity index (χ3v) is 7.73. The minimum Gasteiger partial charge on any atom is -0.340 e. The molecule has 2 aromatic heterocycles. The molecule has 2 aromatic carbocycles. The summed E-state index contributed by atoms with van der Waals surface area (Å²) in [4.78, 5) is 21.6. The highest BCUT2D eigenvalue weighted by Crippen LogP contribution is 2.40. The van der Waals surface area contributed by atoms with Gasteiger partial charge in [0.05, 0.1) is 10.3 Å². The summed E-state index contributed by atoms with van der Waals surface area (Å²) in [7, 11) is -3.26. The van der Waals surface area contributed by atoms with Gasteiger partial charge in [-0.3, -0.25) is 4.79 Å². The minimum atomic E-state index is -3.26. The zero-order valence-corrected chi connectivity index (χ0v) is 20.9. The van der Waals surface area contributed by atoms with Gasteiger partial charge in [-0.2, -0.15) is 0 Å². The maximum atomic E-state index is 12.4. The van der Waals surface area contributed by atoms with Gasteiger partial charge in [-0.05, 0) is 73.4 Å². The Kier molecular flexibility index (Phi) is 5.73. The first-order valence-corrected chi connectivity index (χ1v) is 13.4. The summed E-state index contributed by atoms with van der Waals surface area (Å²) in [6, 6.07) is 16.0. The summed E-state index contributed by atoms with van der Waals surface area (Å²) in [5.41, 5.74) is 3.39. The van der Waals surface area contributed by atoms with Crippen LogP contribution in [0.25, 0.3) is 10.8 Å². The molecule has 8 heteroatoms. The first-order chi connectivity index (χ1) is 17.2. The highest BCUT2D eigenvalue weighted by atomic mass is 32.2. The van der Waals surface area contributed by atoms with E-state index in [0.717, 1.165) is 34.0 Å². The molecule has 1 aliphatic rings. The van der Waals surface area contributed by atoms with Crippen molar-refractivity contribution in [2.75, 3.05) is 16.9 Å². The van der Waals surface area contributed by atoms with Crippen molar-refractivity contribution in [3.63, 3.8) is 0 Å². The van der Waals surface area contributed by atoms with Crippen LogP contribution in [0, 0.1) is 11.8 Å². The molecule has 5 rings (SSSR count). The van der Waals surface area contributed by atoms with Crippen LogP contribution in [0.2, 0.25) is 0 Å². The van der Waals surface area contributed by atoms with E-state index in [-0.39, 0.29) is 10.8 Å². The molecule has 0 bridgehead atoms. The quantitative estimate of drug-likeness (QED) is 0.394. The number of hydrogen-bond donors (Lipinski definition) is 2. The summed E-state index contributed by atoms with van der Waals surface area (Å²) >= 11 is 0. The lowest BCUT2D eigenvalue weighted by Gasteiger charge is -2.19. The Morgan fingerprint density at radius 3 is 2.53 bits per heavy atom. The number of anilines is 3. The normalized spacial score (nSPS) is 16.7. The third-order valence-electron chi connectivity index (χ3n) is 6.60. The highest BCUT2D eigenvalue weighted by molar-refractivity contribution is 7.90. The van der Waals surface area contributed by atoms with E-state index >= 15 is 0 Å². The smallest absolute Gasteiger partial charge is 0.234 e. The molecule has 0 saturated heterocycles. The van der Waals surface area contributed by atoms with Gasteiger partial charge in [0, 0.05) is 46.4 Å². The first-order valence-electron chi connectivity index (χ1n) is 11.5. The van der Waals surface area contributed by atoms with Crippen LogP contribution in [0.3, 0.4) is 0 Å². The van der Waals surface area contributed by atoms with E-state index in [2.05, 4.69) is 32.4 Å². The van der Waals surface area contributed by atoms with Crippen molar-refractivity contribution < 1.29 is 13.2 Å². The van der Waals surface area contributed by atoms with Crippen molar-refractivity contribution in [2.24, 2.45) is 0 Å². The number of amides is 1. The molecule has 3 heterocycles. The van der Waals surface area contributed by atoms with Crippen molar-refractivity contribution in [1.29, 1.82) is 0 Å². The molecule has 0 aliphatic carbocycles. The summed E-state index contributed by atoms with van der Waals surface area (Å²) < 4.78 is 23.4. The number of nitrogens with zero attached hydrogens (tertiary/aromatic N) is 2. The van der Waals surface area contributed by atoms with E-state index in [9.17, 15) is 13.2 Å². The van der Waals surface area contributed by atoms with Gasteiger partial charge in [-0.25, -0.2) is 18.4 Å². The highest BCUT2D eigenvalue weighted by Gasteiger charge is 2.40. The molecule has 1 aliphatic heterocycles. The van der Waals surface area contributed by atoms with Crippen LogP contribution in [0.1, 0.15) is 37.1 Å². The molecular weight excluding hydrogens is 472 g/mol. The van der Waals surface area contributed by atoms with Crippen LogP contribution in [0.5, 0.6) is 0 Å². The van der Waals surface area contributed by atoms with Gasteiger partial charge in [-0.15, -0.1) is 0 Å². The van der Waals surface area contributed by atoms with E-state index in [1.54, 1.807) is 36.7 Å². The van der Waals surface area contributed by atoms with E-state index in [1.807, 2.05) is 44.2 Å². The molecule has 1 unspecified atom stereocenters. The maximum absolute atomic E-state index is 12.4. The fourth-order valence-corrected chi connectivity index (χ4v) is 4.87. The summed E-state index contributed by atoms with van der Waals surface area (Å²) in [6.07, 6.45) is 5.34. The van der Waals surface area contributed by atoms with Crippen LogP contribution in [0.4, 0.5) is 17.2 Å². The Labute approximate surface area is 209 Å². The van der Waals surface area contributed by atoms with E-state index in [1.165, 1.54) is 6.26 Å². The predicted octanol–water partition coefficient (Wildman–Crippen LogP) is 4.80. The minimum absolute atomic E-state index is 0.0133. The van der Waals surface area contributed by atoms with Crippen molar-refractivity contribution in [2.45, 2.75) is 30.6 Å². The van der Waals surface area contributed by atoms with Crippen LogP contribution in [-0.2, 0) is 20.0 Å². The van der Waals surface area contributed by atoms with Crippen LogP contribution >= 0.6 is 0 Å². The Hall–Kier alpha value is -4.22. The zero-order chi connectivity index (χ0) is 25.5. The fourth-order valence-electron chi connectivity index (χ4n) is 4.24. The number of carbonyl (C=O) groups is 1. The number of benzene rings is 2. The average Bonchev–Trinajstić information content (AvgIpc) is 3.12. The van der Waals surface area contributed by atoms with Gasteiger partial charge in [0.15, 0.2) is 9.84 Å². The van der Waals surface area contributed by atoms with Gasteiger partial charge >= 0.3 is 0 Å². The molecular formula is C28H24N4O3S. The van der Waals surface area contributed by atoms with Crippen LogP contribution < -0.4 is 10.6 Å². The Morgan fingerprint density at radius 2 is 1.81 bits per heavy atom. The molecule has 1 amide bonds. The lowest BCUT2D eigenvalue weighted by atomic mass is 9.81. The van der Waals surface area contributed by atoms with E-state index in [0.29, 0.717) is 17.2 Å². The first kappa shape index (κ1) is 23.5. The molecule has 7 nitrogen and oxygen atoms in total. The largest absolute Gasteiger partial charge is 0.340 e. The molecule has 0 saturated carbocycles. The van der Waals surface area contributed by atoms with E-state index < -0.39 is 15.3 Å². The number of sulfone groups is 1. The van der Waals surface area contributed by atoms with Gasteiger partial charge < -0.3 is 10.6 Å². The number of rotatable bonds is 4. The summed E-state index contributed by atoms with van der Waals surface area (Å²) in [5.74, 6) is 6.93.